The molecule has 5 nitrogen and oxygen atoms in total. The monoisotopic (exact) mass is 354 g/mol. The van der Waals surface area contributed by atoms with E-state index in [0.717, 1.165) is 29.8 Å². The highest BCUT2D eigenvalue weighted by Crippen LogP contribution is 2.20. The fourth-order valence-corrected chi connectivity index (χ4v) is 2.41. The molecule has 0 unspecified atom stereocenters. The quantitative estimate of drug-likeness (QED) is 0.716. The van der Waals surface area contributed by atoms with Crippen LogP contribution in [0.4, 0.5) is 26.1 Å². The van der Waals surface area contributed by atoms with Crippen molar-refractivity contribution in [3.05, 3.63) is 77.6 Å². The molecule has 1 amide bonds. The lowest BCUT2D eigenvalue weighted by Gasteiger charge is -2.10. The zero-order valence-corrected chi connectivity index (χ0v) is 14.0. The Morgan fingerprint density at radius 1 is 1.04 bits per heavy atom. The molecule has 0 fully saturated rings. The van der Waals surface area contributed by atoms with E-state index in [0.29, 0.717) is 0 Å². The van der Waals surface area contributed by atoms with Gasteiger partial charge in [-0.15, -0.1) is 0 Å². The van der Waals surface area contributed by atoms with Gasteiger partial charge in [0.15, 0.2) is 0 Å². The molecule has 2 aromatic carbocycles. The molecule has 0 saturated heterocycles. The Hall–Kier alpha value is -3.35. The topological polar surface area (TPSA) is 66.9 Å². The minimum atomic E-state index is -0.859. The first kappa shape index (κ1) is 17.5. The molecule has 0 atom stereocenters. The molecule has 132 valence electrons. The summed E-state index contributed by atoms with van der Waals surface area (Å²) < 4.78 is 27.4. The number of halogens is 2. The second-order valence-electron chi connectivity index (χ2n) is 5.45. The molecule has 0 bridgehead atoms. The number of carbonyl (C=O) groups is 1. The highest BCUT2D eigenvalue weighted by molar-refractivity contribution is 6.03. The Kier molecular flexibility index (Phi) is 5.17. The van der Waals surface area contributed by atoms with Crippen molar-refractivity contribution in [1.82, 2.24) is 9.97 Å². The lowest BCUT2D eigenvalue weighted by atomic mass is 10.1. The number of nitrogens with one attached hydrogen (secondary N) is 2. The minimum Gasteiger partial charge on any atom is -0.324 e. The van der Waals surface area contributed by atoms with Crippen LogP contribution in [0.2, 0.25) is 0 Å². The van der Waals surface area contributed by atoms with Crippen LogP contribution in [0.5, 0.6) is 0 Å². The molecule has 0 spiro atoms. The number of amides is 1. The van der Waals surface area contributed by atoms with Crippen molar-refractivity contribution in [1.29, 1.82) is 0 Å². The van der Waals surface area contributed by atoms with Gasteiger partial charge in [-0.3, -0.25) is 4.79 Å². The first-order valence-corrected chi connectivity index (χ1v) is 8.02. The molecular formula is C19H16F2N4O. The number of hydrogen-bond donors (Lipinski definition) is 2. The van der Waals surface area contributed by atoms with Crippen LogP contribution in [0.3, 0.4) is 0 Å². The maximum absolute atomic E-state index is 13.7. The van der Waals surface area contributed by atoms with E-state index in [9.17, 15) is 13.6 Å². The van der Waals surface area contributed by atoms with E-state index in [4.69, 9.17) is 0 Å². The number of anilines is 3. The van der Waals surface area contributed by atoms with Crippen LogP contribution >= 0.6 is 0 Å². The van der Waals surface area contributed by atoms with Crippen molar-refractivity contribution >= 4 is 23.2 Å². The van der Waals surface area contributed by atoms with Gasteiger partial charge in [-0.25, -0.2) is 18.7 Å². The maximum Gasteiger partial charge on any atom is 0.274 e. The fraction of sp³-hybridized carbons (Fsp3) is 0.105. The lowest BCUT2D eigenvalue weighted by Crippen LogP contribution is -2.16. The van der Waals surface area contributed by atoms with Crippen LogP contribution < -0.4 is 10.6 Å². The summed E-state index contributed by atoms with van der Waals surface area (Å²) >= 11 is 0. The third-order valence-electron chi connectivity index (χ3n) is 3.73. The smallest absolute Gasteiger partial charge is 0.274 e. The number of aromatic nitrogens is 2. The SMILES string of the molecule is CCc1ccccc1Nc1nccc(C(=O)Nc2c(F)cccc2F)n1. The summed E-state index contributed by atoms with van der Waals surface area (Å²) in [7, 11) is 0. The molecule has 0 saturated carbocycles. The van der Waals surface area contributed by atoms with Gasteiger partial charge in [0.1, 0.15) is 23.0 Å². The Morgan fingerprint density at radius 3 is 2.50 bits per heavy atom. The largest absolute Gasteiger partial charge is 0.324 e. The van der Waals surface area contributed by atoms with Crippen LogP contribution in [-0.4, -0.2) is 15.9 Å². The molecule has 1 aromatic heterocycles. The van der Waals surface area contributed by atoms with Gasteiger partial charge in [0.2, 0.25) is 5.95 Å². The van der Waals surface area contributed by atoms with Crippen LogP contribution in [0, 0.1) is 11.6 Å². The third-order valence-corrected chi connectivity index (χ3v) is 3.73. The minimum absolute atomic E-state index is 0.0147. The molecule has 0 aliphatic heterocycles. The van der Waals surface area contributed by atoms with Crippen molar-refractivity contribution in [2.24, 2.45) is 0 Å². The number of hydrogen-bond acceptors (Lipinski definition) is 4. The van der Waals surface area contributed by atoms with E-state index in [1.54, 1.807) is 0 Å². The van der Waals surface area contributed by atoms with Gasteiger partial charge < -0.3 is 10.6 Å². The first-order valence-electron chi connectivity index (χ1n) is 8.02. The van der Waals surface area contributed by atoms with Crippen LogP contribution in [0.1, 0.15) is 23.0 Å². The van der Waals surface area contributed by atoms with Crippen molar-refractivity contribution in [3.8, 4) is 0 Å². The van der Waals surface area contributed by atoms with Crippen LogP contribution in [0.25, 0.3) is 0 Å². The Labute approximate surface area is 149 Å². The number of rotatable bonds is 5. The zero-order chi connectivity index (χ0) is 18.5. The van der Waals surface area contributed by atoms with E-state index < -0.39 is 23.2 Å². The molecular weight excluding hydrogens is 338 g/mol. The van der Waals surface area contributed by atoms with Gasteiger partial charge in [0.05, 0.1) is 0 Å². The van der Waals surface area contributed by atoms with Crippen molar-refractivity contribution < 1.29 is 13.6 Å². The Bertz CT molecular complexity index is 926. The molecule has 26 heavy (non-hydrogen) atoms. The predicted molar refractivity (Wildman–Crippen MR) is 95.4 cm³/mol. The highest BCUT2D eigenvalue weighted by atomic mass is 19.1. The second kappa shape index (κ2) is 7.69. The summed E-state index contributed by atoms with van der Waals surface area (Å²) in [5.41, 5.74) is 1.37. The van der Waals surface area contributed by atoms with E-state index in [1.165, 1.54) is 18.3 Å². The number of carbonyl (C=O) groups excluding carboxylic acids is 1. The molecule has 0 aliphatic rings. The molecule has 2 N–H and O–H groups in total. The summed E-state index contributed by atoms with van der Waals surface area (Å²) in [6.07, 6.45) is 2.21. The number of benzene rings is 2. The average Bonchev–Trinajstić information content (AvgIpc) is 2.65. The summed E-state index contributed by atoms with van der Waals surface area (Å²) in [6.45, 7) is 2.02. The van der Waals surface area contributed by atoms with Crippen LogP contribution in [-0.2, 0) is 6.42 Å². The molecule has 3 aromatic rings. The van der Waals surface area contributed by atoms with Crippen LogP contribution in [0.15, 0.2) is 54.7 Å². The summed E-state index contributed by atoms with van der Waals surface area (Å²) in [4.78, 5) is 20.5. The van der Waals surface area contributed by atoms with E-state index >= 15 is 0 Å². The summed E-state index contributed by atoms with van der Waals surface area (Å²) in [5.74, 6) is -2.24. The normalized spacial score (nSPS) is 10.4. The van der Waals surface area contributed by atoms with Crippen molar-refractivity contribution in [3.63, 3.8) is 0 Å². The third kappa shape index (κ3) is 3.83. The Balaban J connectivity index is 1.82. The van der Waals surface area contributed by atoms with Gasteiger partial charge in [0, 0.05) is 11.9 Å². The fourth-order valence-electron chi connectivity index (χ4n) is 2.41. The van der Waals surface area contributed by atoms with Crippen molar-refractivity contribution in [2.45, 2.75) is 13.3 Å². The standard InChI is InChI=1S/C19H16F2N4O/c1-2-12-6-3-4-9-15(12)23-19-22-11-10-16(24-19)18(26)25-17-13(20)7-5-8-14(17)21/h3-11H,2H2,1H3,(H,25,26)(H,22,23,24). The van der Waals surface area contributed by atoms with Gasteiger partial charge in [-0.2, -0.15) is 0 Å². The van der Waals surface area contributed by atoms with Gasteiger partial charge in [0.25, 0.3) is 5.91 Å². The van der Waals surface area contributed by atoms with Crippen molar-refractivity contribution in [2.75, 3.05) is 10.6 Å². The summed E-state index contributed by atoms with van der Waals surface area (Å²) in [5, 5.41) is 5.26. The maximum atomic E-state index is 13.7. The second-order valence-corrected chi connectivity index (χ2v) is 5.45. The first-order chi connectivity index (χ1) is 12.6. The lowest BCUT2D eigenvalue weighted by molar-refractivity contribution is 0.102. The molecule has 3 rings (SSSR count). The molecule has 1 heterocycles. The van der Waals surface area contributed by atoms with E-state index in [2.05, 4.69) is 20.6 Å². The summed E-state index contributed by atoms with van der Waals surface area (Å²) in [6, 6.07) is 12.4. The average molecular weight is 354 g/mol. The van der Waals surface area contributed by atoms with Gasteiger partial charge in [-0.05, 0) is 36.2 Å². The number of para-hydroxylation sites is 2. The highest BCUT2D eigenvalue weighted by Gasteiger charge is 2.15. The predicted octanol–water partition coefficient (Wildman–Crippen LogP) is 4.31. The van der Waals surface area contributed by atoms with Gasteiger partial charge in [-0.1, -0.05) is 31.2 Å². The molecule has 0 radical (unpaired) electrons. The zero-order valence-electron chi connectivity index (χ0n) is 14.0. The number of nitrogens with zero attached hydrogens (tertiary/aromatic N) is 2. The van der Waals surface area contributed by atoms with Gasteiger partial charge >= 0.3 is 0 Å². The van der Waals surface area contributed by atoms with E-state index in [1.807, 2.05) is 31.2 Å². The number of aryl methyl sites for hydroxylation is 1. The Morgan fingerprint density at radius 2 is 1.77 bits per heavy atom. The molecule has 7 heteroatoms. The molecule has 0 aliphatic carbocycles. The van der Waals surface area contributed by atoms with E-state index in [-0.39, 0.29) is 11.6 Å².